The van der Waals surface area contributed by atoms with Gasteiger partial charge in [-0.2, -0.15) is 0 Å². The summed E-state index contributed by atoms with van der Waals surface area (Å²) in [5, 5.41) is 8.32. The molecule has 0 aliphatic rings. The minimum atomic E-state index is 0.661. The first-order valence-electron chi connectivity index (χ1n) is 5.02. The third-order valence-electron chi connectivity index (χ3n) is 1.92. The van der Waals surface area contributed by atoms with Gasteiger partial charge in [-0.15, -0.1) is 0 Å². The van der Waals surface area contributed by atoms with Crippen LogP contribution in [0.1, 0.15) is 0 Å². The molecule has 0 fully saturated rings. The highest BCUT2D eigenvalue weighted by Crippen LogP contribution is 2.17. The van der Waals surface area contributed by atoms with Gasteiger partial charge in [0.05, 0.1) is 5.69 Å². The van der Waals surface area contributed by atoms with Crippen LogP contribution in [0.5, 0.6) is 5.75 Å². The van der Waals surface area contributed by atoms with E-state index in [4.69, 9.17) is 9.94 Å². The lowest BCUT2D eigenvalue weighted by atomic mass is 10.3. The molecule has 0 saturated heterocycles. The van der Waals surface area contributed by atoms with E-state index in [0.717, 1.165) is 18.0 Å². The molecule has 1 rings (SSSR count). The van der Waals surface area contributed by atoms with E-state index in [1.54, 1.807) is 0 Å². The first kappa shape index (κ1) is 12.5. The van der Waals surface area contributed by atoms with Gasteiger partial charge in [-0.05, 0) is 38.4 Å². The van der Waals surface area contributed by atoms with Crippen molar-refractivity contribution in [3.05, 3.63) is 24.3 Å². The van der Waals surface area contributed by atoms with Crippen molar-refractivity contribution in [2.45, 2.75) is 0 Å². The molecule has 0 unspecified atom stereocenters. The van der Waals surface area contributed by atoms with Gasteiger partial charge in [0.15, 0.2) is 0 Å². The molecule has 0 aromatic heterocycles. The van der Waals surface area contributed by atoms with E-state index in [9.17, 15) is 0 Å². The average molecular weight is 223 g/mol. The first-order chi connectivity index (χ1) is 7.72. The lowest BCUT2D eigenvalue weighted by molar-refractivity contribution is 0.240. The van der Waals surface area contributed by atoms with Gasteiger partial charge < -0.3 is 9.64 Å². The van der Waals surface area contributed by atoms with Crippen molar-refractivity contribution < 1.29 is 9.94 Å². The standard InChI is InChI=1S/C11H17N3O2/c1-14(2)7-8-16-11-5-3-10(4-6-11)12-9-13-15/h3-6,9,15H,7-8H2,1-2H3,(H,12,13). The van der Waals surface area contributed by atoms with Crippen LogP contribution in [0.4, 0.5) is 5.69 Å². The normalized spacial score (nSPS) is 11.0. The maximum Gasteiger partial charge on any atom is 0.119 e. The van der Waals surface area contributed by atoms with Gasteiger partial charge in [-0.25, -0.2) is 4.99 Å². The Labute approximate surface area is 95.3 Å². The summed E-state index contributed by atoms with van der Waals surface area (Å²) in [6, 6.07) is 7.33. The fourth-order valence-corrected chi connectivity index (χ4v) is 1.08. The lowest BCUT2D eigenvalue weighted by Crippen LogP contribution is -2.19. The molecule has 2 N–H and O–H groups in total. The van der Waals surface area contributed by atoms with Crippen LogP contribution in [0.25, 0.3) is 0 Å². The predicted octanol–water partition coefficient (Wildman–Crippen LogP) is 1.27. The molecule has 1 aromatic carbocycles. The SMILES string of the molecule is CN(C)CCOc1ccc(N=CNO)cc1. The van der Waals surface area contributed by atoms with Crippen molar-refractivity contribution >= 4 is 12.0 Å². The fraction of sp³-hybridized carbons (Fsp3) is 0.364. The Bertz CT molecular complexity index is 323. The molecule has 0 aliphatic carbocycles. The molecule has 0 heterocycles. The summed E-state index contributed by atoms with van der Waals surface area (Å²) >= 11 is 0. The van der Waals surface area contributed by atoms with E-state index in [2.05, 4.69) is 9.89 Å². The Morgan fingerprint density at radius 3 is 2.62 bits per heavy atom. The van der Waals surface area contributed by atoms with Crippen molar-refractivity contribution in [1.29, 1.82) is 0 Å². The number of aliphatic imine (C=N–C) groups is 1. The van der Waals surface area contributed by atoms with E-state index in [1.165, 1.54) is 6.34 Å². The summed E-state index contributed by atoms with van der Waals surface area (Å²) in [4.78, 5) is 5.99. The molecule has 5 heteroatoms. The molecule has 0 aliphatic heterocycles. The molecule has 16 heavy (non-hydrogen) atoms. The van der Waals surface area contributed by atoms with Crippen LogP contribution < -0.4 is 10.2 Å². The minimum Gasteiger partial charge on any atom is -0.492 e. The van der Waals surface area contributed by atoms with Gasteiger partial charge >= 0.3 is 0 Å². The van der Waals surface area contributed by atoms with E-state index in [1.807, 2.05) is 43.8 Å². The smallest absolute Gasteiger partial charge is 0.119 e. The van der Waals surface area contributed by atoms with Crippen LogP contribution in [-0.2, 0) is 0 Å². The number of hydrogen-bond donors (Lipinski definition) is 2. The van der Waals surface area contributed by atoms with Gasteiger partial charge in [0.25, 0.3) is 0 Å². The van der Waals surface area contributed by atoms with E-state index in [-0.39, 0.29) is 0 Å². The Morgan fingerprint density at radius 2 is 2.06 bits per heavy atom. The monoisotopic (exact) mass is 223 g/mol. The van der Waals surface area contributed by atoms with E-state index >= 15 is 0 Å². The highest BCUT2D eigenvalue weighted by atomic mass is 16.5. The van der Waals surface area contributed by atoms with Gasteiger partial charge in [0.1, 0.15) is 18.7 Å². The van der Waals surface area contributed by atoms with Gasteiger partial charge in [0, 0.05) is 6.54 Å². The number of benzene rings is 1. The quantitative estimate of drug-likeness (QED) is 0.433. The summed E-state index contributed by atoms with van der Waals surface area (Å²) in [6.45, 7) is 1.54. The molecular weight excluding hydrogens is 206 g/mol. The third kappa shape index (κ3) is 4.77. The minimum absolute atomic E-state index is 0.661. The molecule has 5 nitrogen and oxygen atoms in total. The highest BCUT2D eigenvalue weighted by molar-refractivity contribution is 5.59. The molecular formula is C11H17N3O2. The summed E-state index contributed by atoms with van der Waals surface area (Å²) < 4.78 is 5.52. The molecule has 0 radical (unpaired) electrons. The zero-order valence-electron chi connectivity index (χ0n) is 9.55. The van der Waals surface area contributed by atoms with Crippen molar-refractivity contribution in [3.63, 3.8) is 0 Å². The second-order valence-electron chi connectivity index (χ2n) is 3.53. The molecule has 0 saturated carbocycles. The van der Waals surface area contributed by atoms with E-state index < -0.39 is 0 Å². The zero-order valence-corrected chi connectivity index (χ0v) is 9.55. The third-order valence-corrected chi connectivity index (χ3v) is 1.92. The number of likely N-dealkylation sites (N-methyl/N-ethyl adjacent to an activating group) is 1. The number of ether oxygens (including phenoxy) is 1. The van der Waals surface area contributed by atoms with Gasteiger partial charge in [-0.1, -0.05) is 0 Å². The summed E-state index contributed by atoms with van der Waals surface area (Å²) in [6.07, 6.45) is 1.21. The first-order valence-corrected chi connectivity index (χ1v) is 5.02. The number of rotatable bonds is 6. The lowest BCUT2D eigenvalue weighted by Gasteiger charge is -2.10. The van der Waals surface area contributed by atoms with Crippen molar-refractivity contribution in [3.8, 4) is 5.75 Å². The Morgan fingerprint density at radius 1 is 1.38 bits per heavy atom. The molecule has 0 bridgehead atoms. The van der Waals surface area contributed by atoms with Crippen molar-refractivity contribution in [2.75, 3.05) is 27.2 Å². The van der Waals surface area contributed by atoms with Crippen molar-refractivity contribution in [1.82, 2.24) is 10.4 Å². The molecule has 0 atom stereocenters. The van der Waals surface area contributed by atoms with Gasteiger partial charge in [0.2, 0.25) is 0 Å². The van der Waals surface area contributed by atoms with Crippen molar-refractivity contribution in [2.24, 2.45) is 4.99 Å². The zero-order chi connectivity index (χ0) is 11.8. The molecule has 0 spiro atoms. The van der Waals surface area contributed by atoms with Crippen LogP contribution in [-0.4, -0.2) is 43.7 Å². The Kier molecular flexibility index (Phi) is 5.31. The number of hydrogen-bond acceptors (Lipinski definition) is 4. The molecule has 0 amide bonds. The van der Waals surface area contributed by atoms with Crippen LogP contribution in [0.2, 0.25) is 0 Å². The van der Waals surface area contributed by atoms with Crippen LogP contribution in [0.15, 0.2) is 29.3 Å². The number of hydroxylamine groups is 1. The Hall–Kier alpha value is -1.59. The fourth-order valence-electron chi connectivity index (χ4n) is 1.08. The van der Waals surface area contributed by atoms with E-state index in [0.29, 0.717) is 6.61 Å². The van der Waals surface area contributed by atoms with Gasteiger partial charge in [-0.3, -0.25) is 10.7 Å². The summed E-state index contributed by atoms with van der Waals surface area (Å²) in [5.74, 6) is 0.817. The molecule has 1 aromatic rings. The second kappa shape index (κ2) is 6.81. The summed E-state index contributed by atoms with van der Waals surface area (Å²) in [7, 11) is 4.01. The van der Waals surface area contributed by atoms with Crippen LogP contribution >= 0.6 is 0 Å². The molecule has 88 valence electrons. The topological polar surface area (TPSA) is 57.1 Å². The predicted molar refractivity (Wildman–Crippen MR) is 63.6 cm³/mol. The number of nitrogens with zero attached hydrogens (tertiary/aromatic N) is 2. The maximum atomic E-state index is 8.32. The summed E-state index contributed by atoms with van der Waals surface area (Å²) in [5.41, 5.74) is 2.60. The van der Waals surface area contributed by atoms with Crippen LogP contribution in [0, 0.1) is 0 Å². The Balaban J connectivity index is 2.42. The highest BCUT2D eigenvalue weighted by Gasteiger charge is 1.95. The number of nitrogens with one attached hydrogen (secondary N) is 1. The maximum absolute atomic E-state index is 8.32. The largest absolute Gasteiger partial charge is 0.492 e. The second-order valence-corrected chi connectivity index (χ2v) is 3.53. The van der Waals surface area contributed by atoms with Crippen LogP contribution in [0.3, 0.4) is 0 Å². The average Bonchev–Trinajstić information content (AvgIpc) is 2.27.